The van der Waals surface area contributed by atoms with Crippen molar-refractivity contribution in [3.63, 3.8) is 0 Å². The van der Waals surface area contributed by atoms with Crippen molar-refractivity contribution in [2.24, 2.45) is 5.73 Å². The van der Waals surface area contributed by atoms with Crippen LogP contribution in [0.4, 0.5) is 4.39 Å². The molecule has 2 aromatic rings. The molecule has 1 fully saturated rings. The molecule has 0 saturated heterocycles. The van der Waals surface area contributed by atoms with Gasteiger partial charge in [-0.3, -0.25) is 0 Å². The first-order chi connectivity index (χ1) is 10.0. The maximum atomic E-state index is 12.9. The largest absolute Gasteiger partial charge is 0.391 e. The Morgan fingerprint density at radius 3 is 2.62 bits per heavy atom. The Labute approximate surface area is 121 Å². The Morgan fingerprint density at radius 1 is 1.29 bits per heavy atom. The van der Waals surface area contributed by atoms with Crippen molar-refractivity contribution in [2.75, 3.05) is 0 Å². The Hall–Kier alpha value is -1.83. The zero-order chi connectivity index (χ0) is 15.0. The van der Waals surface area contributed by atoms with E-state index in [1.54, 1.807) is 10.9 Å². The highest BCUT2D eigenvalue weighted by Gasteiger charge is 2.33. The molecule has 0 spiro atoms. The van der Waals surface area contributed by atoms with Crippen LogP contribution in [0.3, 0.4) is 0 Å². The summed E-state index contributed by atoms with van der Waals surface area (Å²) < 4.78 is 14.4. The molecule has 1 saturated carbocycles. The quantitative estimate of drug-likeness (QED) is 0.766. The Kier molecular flexibility index (Phi) is 3.71. The highest BCUT2D eigenvalue weighted by molar-refractivity contribution is 5.24. The minimum atomic E-state index is -0.980. The fourth-order valence-corrected chi connectivity index (χ4v) is 2.71. The van der Waals surface area contributed by atoms with Crippen molar-refractivity contribution in [1.29, 1.82) is 0 Å². The third-order valence-electron chi connectivity index (χ3n) is 3.87. The van der Waals surface area contributed by atoms with Gasteiger partial charge in [0.05, 0.1) is 18.3 Å². The average molecular weight is 292 g/mol. The van der Waals surface area contributed by atoms with Gasteiger partial charge in [0.1, 0.15) is 17.6 Å². The van der Waals surface area contributed by atoms with Gasteiger partial charge in [-0.25, -0.2) is 9.07 Å². The van der Waals surface area contributed by atoms with Gasteiger partial charge in [0.25, 0.3) is 0 Å². The Balaban J connectivity index is 1.80. The molecule has 3 rings (SSSR count). The second-order valence-electron chi connectivity index (χ2n) is 5.44. The predicted molar refractivity (Wildman–Crippen MR) is 72.7 cm³/mol. The van der Waals surface area contributed by atoms with Gasteiger partial charge < -0.3 is 15.9 Å². The molecule has 6 nitrogen and oxygen atoms in total. The lowest BCUT2D eigenvalue weighted by atomic mass is 10.1. The number of hydrogen-bond donors (Lipinski definition) is 3. The predicted octanol–water partition coefficient (Wildman–Crippen LogP) is 0.522. The van der Waals surface area contributed by atoms with Crippen molar-refractivity contribution < 1.29 is 14.6 Å². The molecule has 4 atom stereocenters. The first-order valence-corrected chi connectivity index (χ1v) is 6.83. The molecule has 7 heteroatoms. The second-order valence-corrected chi connectivity index (χ2v) is 5.44. The number of aliphatic hydroxyl groups excluding tert-OH is 2. The first-order valence-electron chi connectivity index (χ1n) is 6.83. The van der Waals surface area contributed by atoms with Crippen LogP contribution in [0.1, 0.15) is 36.2 Å². The summed E-state index contributed by atoms with van der Waals surface area (Å²) >= 11 is 0. The monoisotopic (exact) mass is 292 g/mol. The molecule has 4 N–H and O–H groups in total. The summed E-state index contributed by atoms with van der Waals surface area (Å²) in [6.45, 7) is 0. The molecule has 1 heterocycles. The second kappa shape index (κ2) is 5.51. The highest BCUT2D eigenvalue weighted by Crippen LogP contribution is 2.29. The smallest absolute Gasteiger partial charge is 0.124 e. The normalized spacial score (nSPS) is 27.0. The zero-order valence-corrected chi connectivity index (χ0v) is 11.3. The average Bonchev–Trinajstić information content (AvgIpc) is 3.05. The molecule has 21 heavy (non-hydrogen) atoms. The zero-order valence-electron chi connectivity index (χ0n) is 11.3. The van der Waals surface area contributed by atoms with E-state index >= 15 is 0 Å². The number of aliphatic hydroxyl groups is 2. The number of nitrogens with zero attached hydrogens (tertiary/aromatic N) is 3. The summed E-state index contributed by atoms with van der Waals surface area (Å²) in [6.07, 6.45) is 1.21. The number of aromatic nitrogens is 3. The number of benzene rings is 1. The summed E-state index contributed by atoms with van der Waals surface area (Å²) in [5.74, 6) is -0.363. The Morgan fingerprint density at radius 2 is 2.00 bits per heavy atom. The lowest BCUT2D eigenvalue weighted by molar-refractivity contribution is 0.128. The van der Waals surface area contributed by atoms with Gasteiger partial charge >= 0.3 is 0 Å². The van der Waals surface area contributed by atoms with Crippen LogP contribution in [-0.2, 0) is 0 Å². The Bertz CT molecular complexity index is 616. The van der Waals surface area contributed by atoms with Gasteiger partial charge in [-0.05, 0) is 30.5 Å². The van der Waals surface area contributed by atoms with Gasteiger partial charge in [-0.2, -0.15) is 0 Å². The molecule has 1 aromatic heterocycles. The van der Waals surface area contributed by atoms with Crippen LogP contribution in [0, 0.1) is 5.82 Å². The van der Waals surface area contributed by atoms with E-state index in [0.717, 1.165) is 0 Å². The summed E-state index contributed by atoms with van der Waals surface area (Å²) in [6, 6.07) is 5.28. The SMILES string of the molecule is N[C@H]1CC(n2cc(C(O)c3ccc(F)cc3)nn2)[C@H](O)C1. The number of halogens is 1. The van der Waals surface area contributed by atoms with Gasteiger partial charge in [0.2, 0.25) is 0 Å². The minimum Gasteiger partial charge on any atom is -0.391 e. The molecule has 0 aliphatic heterocycles. The van der Waals surface area contributed by atoms with Gasteiger partial charge in [-0.15, -0.1) is 5.10 Å². The number of hydrogen-bond acceptors (Lipinski definition) is 5. The number of nitrogens with two attached hydrogens (primary N) is 1. The first kappa shape index (κ1) is 14.1. The molecule has 0 radical (unpaired) electrons. The third-order valence-corrected chi connectivity index (χ3v) is 3.87. The van der Waals surface area contributed by atoms with E-state index in [4.69, 9.17) is 5.73 Å². The van der Waals surface area contributed by atoms with Crippen molar-refractivity contribution in [1.82, 2.24) is 15.0 Å². The lowest BCUT2D eigenvalue weighted by Gasteiger charge is -2.13. The van der Waals surface area contributed by atoms with E-state index in [1.165, 1.54) is 24.3 Å². The standard InChI is InChI=1S/C14H17FN4O2/c15-9-3-1-8(2-4-9)14(21)11-7-19(18-17-11)12-5-10(16)6-13(12)20/h1-4,7,10,12-14,20-21H,5-6,16H2/t10-,12?,13+,14?/m0/s1. The number of rotatable bonds is 3. The van der Waals surface area contributed by atoms with Crippen molar-refractivity contribution >= 4 is 0 Å². The topological polar surface area (TPSA) is 97.2 Å². The van der Waals surface area contributed by atoms with Crippen LogP contribution in [-0.4, -0.2) is 37.4 Å². The molecule has 1 aliphatic rings. The van der Waals surface area contributed by atoms with Crippen LogP contribution in [0.25, 0.3) is 0 Å². The van der Waals surface area contributed by atoms with Crippen LogP contribution in [0.5, 0.6) is 0 Å². The van der Waals surface area contributed by atoms with Crippen LogP contribution in [0.15, 0.2) is 30.5 Å². The van der Waals surface area contributed by atoms with Crippen molar-refractivity contribution in [3.05, 3.63) is 47.5 Å². The lowest BCUT2D eigenvalue weighted by Crippen LogP contribution is -2.18. The summed E-state index contributed by atoms with van der Waals surface area (Å²) in [5, 5.41) is 28.1. The summed E-state index contributed by atoms with van der Waals surface area (Å²) in [7, 11) is 0. The maximum Gasteiger partial charge on any atom is 0.124 e. The molecule has 1 aromatic carbocycles. The maximum absolute atomic E-state index is 12.9. The minimum absolute atomic E-state index is 0.0559. The van der Waals surface area contributed by atoms with E-state index < -0.39 is 12.2 Å². The summed E-state index contributed by atoms with van der Waals surface area (Å²) in [4.78, 5) is 0. The van der Waals surface area contributed by atoms with Gasteiger partial charge in [0.15, 0.2) is 0 Å². The van der Waals surface area contributed by atoms with E-state index in [0.29, 0.717) is 24.1 Å². The molecule has 0 amide bonds. The van der Waals surface area contributed by atoms with E-state index in [2.05, 4.69) is 10.3 Å². The van der Waals surface area contributed by atoms with Crippen LogP contribution >= 0.6 is 0 Å². The molecule has 1 aliphatic carbocycles. The highest BCUT2D eigenvalue weighted by atomic mass is 19.1. The van der Waals surface area contributed by atoms with Crippen LogP contribution in [0.2, 0.25) is 0 Å². The molecule has 0 bridgehead atoms. The van der Waals surface area contributed by atoms with Gasteiger partial charge in [-0.1, -0.05) is 17.3 Å². The van der Waals surface area contributed by atoms with E-state index in [-0.39, 0.29) is 17.9 Å². The van der Waals surface area contributed by atoms with Crippen molar-refractivity contribution in [2.45, 2.75) is 37.1 Å². The van der Waals surface area contributed by atoms with E-state index in [9.17, 15) is 14.6 Å². The van der Waals surface area contributed by atoms with Crippen molar-refractivity contribution in [3.8, 4) is 0 Å². The molecular weight excluding hydrogens is 275 g/mol. The molecule has 112 valence electrons. The fourth-order valence-electron chi connectivity index (χ4n) is 2.71. The van der Waals surface area contributed by atoms with E-state index in [1.807, 2.05) is 0 Å². The summed E-state index contributed by atoms with van der Waals surface area (Å²) in [5.41, 5.74) is 6.71. The van der Waals surface area contributed by atoms with Crippen LogP contribution < -0.4 is 5.73 Å². The fraction of sp³-hybridized carbons (Fsp3) is 0.429. The molecule has 2 unspecified atom stereocenters. The third kappa shape index (κ3) is 2.80. The van der Waals surface area contributed by atoms with Gasteiger partial charge in [0, 0.05) is 6.04 Å². The molecular formula is C14H17FN4O2.